The van der Waals surface area contributed by atoms with Crippen LogP contribution in [0.25, 0.3) is 0 Å². The molecule has 0 radical (unpaired) electrons. The molecule has 0 aliphatic heterocycles. The summed E-state index contributed by atoms with van der Waals surface area (Å²) >= 11 is 0. The van der Waals surface area contributed by atoms with Gasteiger partial charge >= 0.3 is 0 Å². The number of ether oxygens (including phenoxy) is 3. The highest BCUT2D eigenvalue weighted by molar-refractivity contribution is 6.05. The van der Waals surface area contributed by atoms with Gasteiger partial charge in [0, 0.05) is 18.4 Å². The van der Waals surface area contributed by atoms with Gasteiger partial charge in [-0.2, -0.15) is 0 Å². The standard InChI is InChI=1S/C25H28N2O4/c1-5-29-18(4)22-15-14-21(17(3)26-22)25(28)27-19-10-9-11-20(16-19)31-24-13-8-7-12-23(24)30-6-2/h7-16,18H,5-6H2,1-4H3,(H,27,28). The number of aromatic nitrogens is 1. The molecule has 1 unspecified atom stereocenters. The van der Waals surface area contributed by atoms with Gasteiger partial charge in [-0.15, -0.1) is 0 Å². The fourth-order valence-corrected chi connectivity index (χ4v) is 3.15. The number of benzene rings is 2. The van der Waals surface area contributed by atoms with Crippen molar-refractivity contribution in [1.82, 2.24) is 4.98 Å². The Bertz CT molecular complexity index is 1040. The van der Waals surface area contributed by atoms with Crippen molar-refractivity contribution < 1.29 is 19.0 Å². The molecule has 0 bridgehead atoms. The summed E-state index contributed by atoms with van der Waals surface area (Å²) in [4.78, 5) is 17.3. The van der Waals surface area contributed by atoms with Crippen LogP contribution in [-0.2, 0) is 4.74 Å². The van der Waals surface area contributed by atoms with Crippen molar-refractivity contribution in [2.75, 3.05) is 18.5 Å². The summed E-state index contributed by atoms with van der Waals surface area (Å²) in [6.07, 6.45) is -0.116. The number of rotatable bonds is 9. The molecular formula is C25H28N2O4. The molecule has 0 aliphatic carbocycles. The second kappa shape index (κ2) is 10.6. The van der Waals surface area contributed by atoms with Crippen LogP contribution in [0.2, 0.25) is 0 Å². The van der Waals surface area contributed by atoms with Gasteiger partial charge in [0.15, 0.2) is 11.5 Å². The molecule has 0 spiro atoms. The number of amides is 1. The Hall–Kier alpha value is -3.38. The summed E-state index contributed by atoms with van der Waals surface area (Å²) < 4.78 is 17.2. The number of anilines is 1. The smallest absolute Gasteiger partial charge is 0.257 e. The van der Waals surface area contributed by atoms with Crippen LogP contribution in [0.1, 0.15) is 48.6 Å². The molecule has 0 saturated heterocycles. The predicted molar refractivity (Wildman–Crippen MR) is 121 cm³/mol. The molecule has 1 atom stereocenters. The van der Waals surface area contributed by atoms with Crippen LogP contribution in [0.15, 0.2) is 60.7 Å². The normalized spacial score (nSPS) is 11.6. The summed E-state index contributed by atoms with van der Waals surface area (Å²) in [5.74, 6) is 1.66. The third-order valence-electron chi connectivity index (χ3n) is 4.65. The molecule has 6 nitrogen and oxygen atoms in total. The van der Waals surface area contributed by atoms with Crippen molar-refractivity contribution in [1.29, 1.82) is 0 Å². The lowest BCUT2D eigenvalue weighted by molar-refractivity contribution is 0.0732. The van der Waals surface area contributed by atoms with Gasteiger partial charge in [-0.05, 0) is 64.1 Å². The van der Waals surface area contributed by atoms with E-state index in [1.54, 1.807) is 12.1 Å². The van der Waals surface area contributed by atoms with E-state index in [1.807, 2.05) is 76.2 Å². The molecular weight excluding hydrogens is 392 g/mol. The molecule has 1 heterocycles. The molecule has 0 saturated carbocycles. The van der Waals surface area contributed by atoms with Gasteiger partial charge in [-0.1, -0.05) is 18.2 Å². The molecule has 1 aromatic heterocycles. The summed E-state index contributed by atoms with van der Waals surface area (Å²) in [6, 6.07) is 18.3. The Labute approximate surface area is 183 Å². The topological polar surface area (TPSA) is 69.7 Å². The number of hydrogen-bond donors (Lipinski definition) is 1. The Balaban J connectivity index is 1.73. The minimum absolute atomic E-state index is 0.116. The van der Waals surface area contributed by atoms with E-state index in [1.165, 1.54) is 0 Å². The molecule has 1 amide bonds. The highest BCUT2D eigenvalue weighted by Crippen LogP contribution is 2.32. The second-order valence-electron chi connectivity index (χ2n) is 6.93. The van der Waals surface area contributed by atoms with E-state index in [0.717, 1.165) is 5.69 Å². The molecule has 1 N–H and O–H groups in total. The van der Waals surface area contributed by atoms with Gasteiger partial charge in [-0.3, -0.25) is 9.78 Å². The summed E-state index contributed by atoms with van der Waals surface area (Å²) in [6.45, 7) is 8.79. The number of carbonyl (C=O) groups excluding carboxylic acids is 1. The van der Waals surface area contributed by atoms with E-state index in [-0.39, 0.29) is 12.0 Å². The Kier molecular flexibility index (Phi) is 7.62. The third-order valence-corrected chi connectivity index (χ3v) is 4.65. The molecule has 6 heteroatoms. The molecule has 0 aliphatic rings. The van der Waals surface area contributed by atoms with E-state index >= 15 is 0 Å². The van der Waals surface area contributed by atoms with E-state index in [2.05, 4.69) is 10.3 Å². The largest absolute Gasteiger partial charge is 0.490 e. The average Bonchev–Trinajstić information content (AvgIpc) is 2.75. The molecule has 3 rings (SSSR count). The SMILES string of the molecule is CCOc1ccccc1Oc1cccc(NC(=O)c2ccc(C(C)OCC)nc2C)c1. The maximum absolute atomic E-state index is 12.8. The van der Waals surface area contributed by atoms with Crippen LogP contribution in [-0.4, -0.2) is 24.1 Å². The van der Waals surface area contributed by atoms with Crippen molar-refractivity contribution in [2.24, 2.45) is 0 Å². The maximum atomic E-state index is 12.8. The second-order valence-corrected chi connectivity index (χ2v) is 6.93. The number of hydrogen-bond acceptors (Lipinski definition) is 5. The van der Waals surface area contributed by atoms with Crippen LogP contribution < -0.4 is 14.8 Å². The van der Waals surface area contributed by atoms with Crippen molar-refractivity contribution in [3.8, 4) is 17.2 Å². The first-order chi connectivity index (χ1) is 15.0. The maximum Gasteiger partial charge on any atom is 0.257 e. The fraction of sp³-hybridized carbons (Fsp3) is 0.280. The molecule has 2 aromatic carbocycles. The number of para-hydroxylation sites is 2. The monoisotopic (exact) mass is 420 g/mol. The first kappa shape index (κ1) is 22.3. The zero-order valence-electron chi connectivity index (χ0n) is 18.3. The molecule has 162 valence electrons. The lowest BCUT2D eigenvalue weighted by Crippen LogP contribution is -2.15. The zero-order chi connectivity index (χ0) is 22.2. The first-order valence-corrected chi connectivity index (χ1v) is 10.4. The van der Waals surface area contributed by atoms with E-state index < -0.39 is 0 Å². The van der Waals surface area contributed by atoms with E-state index in [4.69, 9.17) is 14.2 Å². The van der Waals surface area contributed by atoms with Crippen LogP contribution in [0.3, 0.4) is 0 Å². The van der Waals surface area contributed by atoms with Crippen molar-refractivity contribution >= 4 is 11.6 Å². The number of nitrogens with one attached hydrogen (secondary N) is 1. The Morgan fingerprint density at radius 1 is 1.00 bits per heavy atom. The number of aryl methyl sites for hydroxylation is 1. The molecule has 3 aromatic rings. The quantitative estimate of drug-likeness (QED) is 0.464. The van der Waals surface area contributed by atoms with Crippen molar-refractivity contribution in [3.05, 3.63) is 77.6 Å². The summed E-state index contributed by atoms with van der Waals surface area (Å²) in [5.41, 5.74) is 2.60. The van der Waals surface area contributed by atoms with Gasteiger partial charge in [0.1, 0.15) is 5.75 Å². The minimum Gasteiger partial charge on any atom is -0.490 e. The van der Waals surface area contributed by atoms with Crippen LogP contribution in [0.5, 0.6) is 17.2 Å². The number of carbonyl (C=O) groups is 1. The average molecular weight is 421 g/mol. The third kappa shape index (κ3) is 5.83. The van der Waals surface area contributed by atoms with Crippen molar-refractivity contribution in [2.45, 2.75) is 33.8 Å². The zero-order valence-corrected chi connectivity index (χ0v) is 18.3. The van der Waals surface area contributed by atoms with Gasteiger partial charge in [0.2, 0.25) is 0 Å². The number of nitrogens with zero attached hydrogens (tertiary/aromatic N) is 1. The lowest BCUT2D eigenvalue weighted by atomic mass is 10.1. The minimum atomic E-state index is -0.229. The fourth-order valence-electron chi connectivity index (χ4n) is 3.15. The highest BCUT2D eigenvalue weighted by Gasteiger charge is 2.14. The van der Waals surface area contributed by atoms with Crippen LogP contribution >= 0.6 is 0 Å². The van der Waals surface area contributed by atoms with Gasteiger partial charge in [0.25, 0.3) is 5.91 Å². The van der Waals surface area contributed by atoms with E-state index in [9.17, 15) is 4.79 Å². The van der Waals surface area contributed by atoms with Gasteiger partial charge < -0.3 is 19.5 Å². The Morgan fingerprint density at radius 3 is 2.48 bits per heavy atom. The van der Waals surface area contributed by atoms with E-state index in [0.29, 0.717) is 47.4 Å². The summed E-state index contributed by atoms with van der Waals surface area (Å²) in [5, 5.41) is 2.92. The Morgan fingerprint density at radius 2 is 1.77 bits per heavy atom. The van der Waals surface area contributed by atoms with Gasteiger partial charge in [0.05, 0.1) is 29.7 Å². The highest BCUT2D eigenvalue weighted by atomic mass is 16.5. The predicted octanol–water partition coefficient (Wildman–Crippen LogP) is 5.93. The summed E-state index contributed by atoms with van der Waals surface area (Å²) in [7, 11) is 0. The van der Waals surface area contributed by atoms with Crippen LogP contribution in [0.4, 0.5) is 5.69 Å². The van der Waals surface area contributed by atoms with Crippen LogP contribution in [0, 0.1) is 6.92 Å². The number of pyridine rings is 1. The molecule has 0 fully saturated rings. The first-order valence-electron chi connectivity index (χ1n) is 10.4. The molecule has 31 heavy (non-hydrogen) atoms. The van der Waals surface area contributed by atoms with Crippen molar-refractivity contribution in [3.63, 3.8) is 0 Å². The lowest BCUT2D eigenvalue weighted by Gasteiger charge is -2.14. The van der Waals surface area contributed by atoms with Gasteiger partial charge in [-0.25, -0.2) is 0 Å².